The highest BCUT2D eigenvalue weighted by Crippen LogP contribution is 2.30. The summed E-state index contributed by atoms with van der Waals surface area (Å²) in [5.41, 5.74) is 8.77. The van der Waals surface area contributed by atoms with Crippen molar-refractivity contribution >= 4 is 11.8 Å². The first kappa shape index (κ1) is 22.2. The minimum atomic E-state index is -0.887. The SMILES string of the molecule is Cc1ccc(-c2nn(Cc3ccccc3)cc2C(=O)NNC(=O)C2COc3ccccc3O2)cc1. The number of para-hydroxylation sites is 2. The smallest absolute Gasteiger partial charge is 0.283 e. The summed E-state index contributed by atoms with van der Waals surface area (Å²) < 4.78 is 13.0. The van der Waals surface area contributed by atoms with Crippen molar-refractivity contribution in [2.45, 2.75) is 19.6 Å². The van der Waals surface area contributed by atoms with Crippen molar-refractivity contribution in [3.63, 3.8) is 0 Å². The maximum atomic E-state index is 13.1. The van der Waals surface area contributed by atoms with E-state index < -0.39 is 17.9 Å². The largest absolute Gasteiger partial charge is 0.485 e. The molecule has 1 atom stereocenters. The fourth-order valence-electron chi connectivity index (χ4n) is 3.78. The van der Waals surface area contributed by atoms with E-state index in [2.05, 4.69) is 16.0 Å². The molecule has 0 saturated carbocycles. The third-order valence-corrected chi connectivity index (χ3v) is 5.62. The Labute approximate surface area is 202 Å². The average Bonchev–Trinajstić information content (AvgIpc) is 3.31. The van der Waals surface area contributed by atoms with Gasteiger partial charge in [-0.3, -0.25) is 25.1 Å². The van der Waals surface area contributed by atoms with Crippen LogP contribution in [0.3, 0.4) is 0 Å². The molecule has 35 heavy (non-hydrogen) atoms. The van der Waals surface area contributed by atoms with Crippen LogP contribution in [0, 0.1) is 6.92 Å². The number of hydrazine groups is 1. The van der Waals surface area contributed by atoms with E-state index in [0.717, 1.165) is 16.7 Å². The molecule has 0 aliphatic carbocycles. The molecule has 0 saturated heterocycles. The highest BCUT2D eigenvalue weighted by atomic mass is 16.6. The first-order chi connectivity index (χ1) is 17.1. The Morgan fingerprint density at radius 2 is 1.66 bits per heavy atom. The van der Waals surface area contributed by atoms with Gasteiger partial charge in [-0.05, 0) is 24.6 Å². The van der Waals surface area contributed by atoms with Crippen LogP contribution < -0.4 is 20.3 Å². The Morgan fingerprint density at radius 1 is 0.943 bits per heavy atom. The van der Waals surface area contributed by atoms with Gasteiger partial charge in [0, 0.05) is 11.8 Å². The van der Waals surface area contributed by atoms with Gasteiger partial charge in [0.15, 0.2) is 11.5 Å². The summed E-state index contributed by atoms with van der Waals surface area (Å²) in [6.07, 6.45) is 0.794. The van der Waals surface area contributed by atoms with Crippen LogP contribution in [0.5, 0.6) is 11.5 Å². The van der Waals surface area contributed by atoms with E-state index in [1.807, 2.05) is 67.6 Å². The Morgan fingerprint density at radius 3 is 2.43 bits per heavy atom. The molecule has 1 aromatic heterocycles. The Kier molecular flexibility index (Phi) is 6.17. The fourth-order valence-corrected chi connectivity index (χ4v) is 3.78. The highest BCUT2D eigenvalue weighted by Gasteiger charge is 2.28. The monoisotopic (exact) mass is 468 g/mol. The zero-order valence-corrected chi connectivity index (χ0v) is 19.1. The first-order valence-corrected chi connectivity index (χ1v) is 11.2. The zero-order chi connectivity index (χ0) is 24.2. The molecule has 8 heteroatoms. The number of rotatable bonds is 5. The van der Waals surface area contributed by atoms with Crippen molar-refractivity contribution in [3.8, 4) is 22.8 Å². The molecule has 1 unspecified atom stereocenters. The molecule has 2 amide bonds. The third kappa shape index (κ3) is 5.01. The number of amides is 2. The van der Waals surface area contributed by atoms with Crippen molar-refractivity contribution < 1.29 is 19.1 Å². The third-order valence-electron chi connectivity index (χ3n) is 5.62. The number of carbonyl (C=O) groups is 2. The Balaban J connectivity index is 1.32. The summed E-state index contributed by atoms with van der Waals surface area (Å²) in [5, 5.41) is 4.67. The van der Waals surface area contributed by atoms with Crippen LogP contribution in [0.2, 0.25) is 0 Å². The molecule has 2 N–H and O–H groups in total. The minimum absolute atomic E-state index is 0.0440. The molecule has 0 radical (unpaired) electrons. The first-order valence-electron chi connectivity index (χ1n) is 11.2. The van der Waals surface area contributed by atoms with E-state index in [9.17, 15) is 9.59 Å². The van der Waals surface area contributed by atoms with Crippen molar-refractivity contribution in [3.05, 3.63) is 102 Å². The zero-order valence-electron chi connectivity index (χ0n) is 19.1. The van der Waals surface area contributed by atoms with Gasteiger partial charge < -0.3 is 9.47 Å². The van der Waals surface area contributed by atoms with Crippen molar-refractivity contribution in [1.82, 2.24) is 20.6 Å². The normalized spacial score (nSPS) is 14.3. The summed E-state index contributed by atoms with van der Waals surface area (Å²) in [4.78, 5) is 25.7. The summed E-state index contributed by atoms with van der Waals surface area (Å²) in [6.45, 7) is 2.55. The standard InChI is InChI=1S/C27H24N4O4/c1-18-11-13-20(14-12-18)25-21(16-31(30-25)15-19-7-3-2-4-8-19)26(32)28-29-27(33)24-17-34-22-9-5-6-10-23(22)35-24/h2-14,16,24H,15,17H2,1H3,(H,28,32)(H,29,33). The second-order valence-corrected chi connectivity index (χ2v) is 8.25. The van der Waals surface area contributed by atoms with Crippen LogP contribution >= 0.6 is 0 Å². The number of ether oxygens (including phenoxy) is 2. The molecule has 1 aliphatic rings. The quantitative estimate of drug-likeness (QED) is 0.437. The molecular formula is C27H24N4O4. The van der Waals surface area contributed by atoms with Gasteiger partial charge in [0.1, 0.15) is 12.3 Å². The number of aromatic nitrogens is 2. The lowest BCUT2D eigenvalue weighted by molar-refractivity contribution is -0.131. The minimum Gasteiger partial charge on any atom is -0.485 e. The van der Waals surface area contributed by atoms with Crippen LogP contribution in [0.15, 0.2) is 85.1 Å². The maximum Gasteiger partial charge on any atom is 0.283 e. The van der Waals surface area contributed by atoms with E-state index >= 15 is 0 Å². The highest BCUT2D eigenvalue weighted by molar-refractivity contribution is 6.00. The number of hydrogen-bond donors (Lipinski definition) is 2. The van der Waals surface area contributed by atoms with Crippen LogP contribution in [-0.4, -0.2) is 34.3 Å². The molecule has 0 fully saturated rings. The fraction of sp³-hybridized carbons (Fsp3) is 0.148. The van der Waals surface area contributed by atoms with Crippen LogP contribution in [-0.2, 0) is 11.3 Å². The van der Waals surface area contributed by atoms with E-state index in [-0.39, 0.29) is 6.61 Å². The number of hydrogen-bond acceptors (Lipinski definition) is 5. The number of nitrogens with zero attached hydrogens (tertiary/aromatic N) is 2. The van der Waals surface area contributed by atoms with Gasteiger partial charge >= 0.3 is 0 Å². The summed E-state index contributed by atoms with van der Waals surface area (Å²) in [7, 11) is 0. The molecule has 2 heterocycles. The second-order valence-electron chi connectivity index (χ2n) is 8.25. The predicted molar refractivity (Wildman–Crippen MR) is 130 cm³/mol. The van der Waals surface area contributed by atoms with Gasteiger partial charge in [-0.15, -0.1) is 0 Å². The topological polar surface area (TPSA) is 94.5 Å². The van der Waals surface area contributed by atoms with Crippen LogP contribution in [0.1, 0.15) is 21.5 Å². The molecule has 176 valence electrons. The second kappa shape index (κ2) is 9.72. The number of aryl methyl sites for hydroxylation is 1. The van der Waals surface area contributed by atoms with Gasteiger partial charge in [0.25, 0.3) is 11.8 Å². The lowest BCUT2D eigenvalue weighted by atomic mass is 10.1. The van der Waals surface area contributed by atoms with Gasteiger partial charge in [-0.1, -0.05) is 72.3 Å². The van der Waals surface area contributed by atoms with Gasteiger partial charge in [-0.2, -0.15) is 5.10 Å². The molecule has 1 aliphatic heterocycles. The number of nitrogens with one attached hydrogen (secondary N) is 2. The lowest BCUT2D eigenvalue weighted by Crippen LogP contribution is -2.50. The van der Waals surface area contributed by atoms with Crippen molar-refractivity contribution in [2.24, 2.45) is 0 Å². The van der Waals surface area contributed by atoms with Gasteiger partial charge in [0.05, 0.1) is 12.1 Å². The van der Waals surface area contributed by atoms with E-state index in [1.54, 1.807) is 29.1 Å². The predicted octanol–water partition coefficient (Wildman–Crippen LogP) is 3.51. The van der Waals surface area contributed by atoms with Gasteiger partial charge in [-0.25, -0.2) is 0 Å². The summed E-state index contributed by atoms with van der Waals surface area (Å²) >= 11 is 0. The van der Waals surface area contributed by atoms with Crippen molar-refractivity contribution in [1.29, 1.82) is 0 Å². The molecule has 5 rings (SSSR count). The average molecular weight is 469 g/mol. The van der Waals surface area contributed by atoms with Gasteiger partial charge in [0.2, 0.25) is 6.10 Å². The maximum absolute atomic E-state index is 13.1. The number of benzene rings is 3. The molecule has 0 bridgehead atoms. The Bertz CT molecular complexity index is 1350. The summed E-state index contributed by atoms with van der Waals surface area (Å²) in [6, 6.07) is 24.7. The molecule has 0 spiro atoms. The number of fused-ring (bicyclic) bond motifs is 1. The molecule has 3 aromatic carbocycles. The van der Waals surface area contributed by atoms with E-state index in [0.29, 0.717) is 29.3 Å². The van der Waals surface area contributed by atoms with E-state index in [4.69, 9.17) is 9.47 Å². The molecule has 4 aromatic rings. The Hall–Kier alpha value is -4.59. The van der Waals surface area contributed by atoms with Crippen molar-refractivity contribution in [2.75, 3.05) is 6.61 Å². The van der Waals surface area contributed by atoms with E-state index in [1.165, 1.54) is 0 Å². The lowest BCUT2D eigenvalue weighted by Gasteiger charge is -2.25. The number of carbonyl (C=O) groups excluding carboxylic acids is 2. The van der Waals surface area contributed by atoms with Crippen LogP contribution in [0.4, 0.5) is 0 Å². The molecular weight excluding hydrogens is 444 g/mol. The molecule has 8 nitrogen and oxygen atoms in total. The van der Waals surface area contributed by atoms with Crippen LogP contribution in [0.25, 0.3) is 11.3 Å². The summed E-state index contributed by atoms with van der Waals surface area (Å²) in [5.74, 6) is 0.0648.